The van der Waals surface area contributed by atoms with E-state index in [0.29, 0.717) is 30.5 Å². The van der Waals surface area contributed by atoms with E-state index < -0.39 is 12.1 Å². The van der Waals surface area contributed by atoms with E-state index in [1.165, 1.54) is 7.11 Å². The smallest absolute Gasteiger partial charge is 0.347 e. The number of rotatable bonds is 8. The maximum atomic E-state index is 11.9. The summed E-state index contributed by atoms with van der Waals surface area (Å²) in [5, 5.41) is 0. The molecule has 0 N–H and O–H groups in total. The van der Waals surface area contributed by atoms with Crippen molar-refractivity contribution >= 4 is 21.9 Å². The van der Waals surface area contributed by atoms with Gasteiger partial charge in [0.15, 0.2) is 17.6 Å². The molecule has 0 unspecified atom stereocenters. The number of esters is 1. The van der Waals surface area contributed by atoms with Gasteiger partial charge in [-0.15, -0.1) is 0 Å². The Morgan fingerprint density at radius 1 is 1.16 bits per heavy atom. The summed E-state index contributed by atoms with van der Waals surface area (Å²) in [4.78, 5) is 11.9. The van der Waals surface area contributed by atoms with Gasteiger partial charge in [-0.2, -0.15) is 0 Å². The Labute approximate surface area is 156 Å². The van der Waals surface area contributed by atoms with Crippen LogP contribution in [0.3, 0.4) is 0 Å². The van der Waals surface area contributed by atoms with Crippen LogP contribution in [0.2, 0.25) is 0 Å². The Balaban J connectivity index is 2.24. The van der Waals surface area contributed by atoms with Crippen molar-refractivity contribution in [1.29, 1.82) is 0 Å². The van der Waals surface area contributed by atoms with Crippen molar-refractivity contribution in [3.63, 3.8) is 0 Å². The van der Waals surface area contributed by atoms with Crippen LogP contribution in [0, 0.1) is 0 Å². The van der Waals surface area contributed by atoms with Crippen LogP contribution in [0.4, 0.5) is 0 Å². The summed E-state index contributed by atoms with van der Waals surface area (Å²) in [5.74, 6) is 0.864. The van der Waals surface area contributed by atoms with Crippen molar-refractivity contribution in [3.8, 4) is 17.2 Å². The molecule has 6 heteroatoms. The fourth-order valence-corrected chi connectivity index (χ4v) is 2.56. The third-order valence-corrected chi connectivity index (χ3v) is 3.81. The molecule has 0 heterocycles. The van der Waals surface area contributed by atoms with Gasteiger partial charge in [0.1, 0.15) is 6.61 Å². The van der Waals surface area contributed by atoms with E-state index in [0.717, 1.165) is 10.0 Å². The third-order valence-electron chi connectivity index (χ3n) is 3.36. The lowest BCUT2D eigenvalue weighted by Gasteiger charge is -2.19. The molecule has 1 atom stereocenters. The van der Waals surface area contributed by atoms with Crippen LogP contribution < -0.4 is 14.2 Å². The molecule has 0 aliphatic heterocycles. The Bertz CT molecular complexity index is 702. The van der Waals surface area contributed by atoms with Gasteiger partial charge in [0.05, 0.1) is 13.7 Å². The summed E-state index contributed by atoms with van der Waals surface area (Å²) in [6.45, 7) is 4.03. The molecule has 0 amide bonds. The van der Waals surface area contributed by atoms with E-state index in [1.807, 2.05) is 30.3 Å². The fraction of sp³-hybridized carbons (Fsp3) is 0.316. The van der Waals surface area contributed by atoms with Gasteiger partial charge >= 0.3 is 5.97 Å². The van der Waals surface area contributed by atoms with E-state index in [4.69, 9.17) is 18.9 Å². The number of carbonyl (C=O) groups is 1. The first-order valence-electron chi connectivity index (χ1n) is 7.92. The highest BCUT2D eigenvalue weighted by atomic mass is 79.9. The number of ether oxygens (including phenoxy) is 4. The van der Waals surface area contributed by atoms with Gasteiger partial charge in [0, 0.05) is 4.47 Å². The molecule has 2 aromatic carbocycles. The maximum Gasteiger partial charge on any atom is 0.347 e. The van der Waals surface area contributed by atoms with E-state index in [9.17, 15) is 4.79 Å². The summed E-state index contributed by atoms with van der Waals surface area (Å²) in [7, 11) is 1.53. The van der Waals surface area contributed by atoms with E-state index in [-0.39, 0.29) is 0 Å². The van der Waals surface area contributed by atoms with Crippen molar-refractivity contribution in [2.45, 2.75) is 26.6 Å². The number of carbonyl (C=O) groups excluding carboxylic acids is 1. The van der Waals surface area contributed by atoms with Crippen LogP contribution in [0.15, 0.2) is 46.9 Å². The van der Waals surface area contributed by atoms with Crippen LogP contribution in [-0.2, 0) is 16.1 Å². The van der Waals surface area contributed by atoms with Crippen molar-refractivity contribution in [2.75, 3.05) is 13.7 Å². The molecule has 0 aliphatic rings. The Hall–Kier alpha value is -2.21. The topological polar surface area (TPSA) is 54.0 Å². The average molecular weight is 409 g/mol. The average Bonchev–Trinajstić information content (AvgIpc) is 2.62. The number of methoxy groups -OCH3 is 1. The second kappa shape index (κ2) is 9.32. The first kappa shape index (κ1) is 19.1. The van der Waals surface area contributed by atoms with Crippen LogP contribution >= 0.6 is 15.9 Å². The highest BCUT2D eigenvalue weighted by Gasteiger charge is 2.22. The predicted molar refractivity (Wildman–Crippen MR) is 98.2 cm³/mol. The lowest BCUT2D eigenvalue weighted by molar-refractivity contribution is -0.150. The van der Waals surface area contributed by atoms with Crippen molar-refractivity contribution < 1.29 is 23.7 Å². The monoisotopic (exact) mass is 408 g/mol. The first-order chi connectivity index (χ1) is 12.0. The summed E-state index contributed by atoms with van der Waals surface area (Å²) in [5.41, 5.74) is 1.02. The van der Waals surface area contributed by atoms with Crippen molar-refractivity contribution in [1.82, 2.24) is 0 Å². The van der Waals surface area contributed by atoms with E-state index in [1.54, 1.807) is 26.0 Å². The largest absolute Gasteiger partial charge is 0.493 e. The highest BCUT2D eigenvalue weighted by molar-refractivity contribution is 9.10. The zero-order chi connectivity index (χ0) is 18.2. The summed E-state index contributed by atoms with van der Waals surface area (Å²) in [6.07, 6.45) is -0.783. The normalized spacial score (nSPS) is 11.5. The summed E-state index contributed by atoms with van der Waals surface area (Å²) >= 11 is 3.43. The molecule has 0 radical (unpaired) electrons. The van der Waals surface area contributed by atoms with Gasteiger partial charge in [-0.3, -0.25) is 0 Å². The molecule has 0 aromatic heterocycles. The second-order valence-corrected chi connectivity index (χ2v) is 6.14. The molecule has 25 heavy (non-hydrogen) atoms. The molecule has 2 aromatic rings. The lowest BCUT2D eigenvalue weighted by Crippen LogP contribution is -2.26. The highest BCUT2D eigenvalue weighted by Crippen LogP contribution is 2.41. The Morgan fingerprint density at radius 2 is 1.84 bits per heavy atom. The van der Waals surface area contributed by atoms with Gasteiger partial charge in [-0.25, -0.2) is 4.79 Å². The summed E-state index contributed by atoms with van der Waals surface area (Å²) < 4.78 is 22.8. The van der Waals surface area contributed by atoms with E-state index >= 15 is 0 Å². The zero-order valence-corrected chi connectivity index (χ0v) is 16.0. The first-order valence-corrected chi connectivity index (χ1v) is 8.72. The molecule has 0 saturated carbocycles. The molecular weight excluding hydrogens is 388 g/mol. The Morgan fingerprint density at radius 3 is 2.48 bits per heavy atom. The van der Waals surface area contributed by atoms with Gasteiger partial charge < -0.3 is 18.9 Å². The summed E-state index contributed by atoms with van der Waals surface area (Å²) in [6, 6.07) is 13.3. The molecule has 2 rings (SSSR count). The number of halogens is 1. The van der Waals surface area contributed by atoms with Crippen LogP contribution in [0.1, 0.15) is 19.4 Å². The Kier molecular flexibility index (Phi) is 7.13. The molecule has 5 nitrogen and oxygen atoms in total. The third kappa shape index (κ3) is 5.39. The van der Waals surface area contributed by atoms with Gasteiger partial charge in [-0.05, 0) is 31.5 Å². The van der Waals surface area contributed by atoms with Gasteiger partial charge in [0.25, 0.3) is 0 Å². The fourth-order valence-electron chi connectivity index (χ4n) is 2.14. The van der Waals surface area contributed by atoms with Crippen molar-refractivity contribution in [3.05, 3.63) is 52.5 Å². The number of hydrogen-bond donors (Lipinski definition) is 0. The van der Waals surface area contributed by atoms with Crippen molar-refractivity contribution in [2.24, 2.45) is 0 Å². The molecule has 0 saturated heterocycles. The van der Waals surface area contributed by atoms with E-state index in [2.05, 4.69) is 15.9 Å². The van der Waals surface area contributed by atoms with Crippen LogP contribution in [0.25, 0.3) is 0 Å². The minimum Gasteiger partial charge on any atom is -0.493 e. The second-order valence-electron chi connectivity index (χ2n) is 5.22. The molecule has 0 fully saturated rings. The number of hydrogen-bond acceptors (Lipinski definition) is 5. The van der Waals surface area contributed by atoms with Crippen LogP contribution in [-0.4, -0.2) is 25.8 Å². The molecule has 0 spiro atoms. The van der Waals surface area contributed by atoms with Gasteiger partial charge in [-0.1, -0.05) is 46.3 Å². The van der Waals surface area contributed by atoms with Crippen LogP contribution in [0.5, 0.6) is 17.2 Å². The molecule has 0 bridgehead atoms. The SMILES string of the molecule is CCOC(=O)[C@@H](C)Oc1c(OC)cc(Br)cc1OCc1ccccc1. The lowest BCUT2D eigenvalue weighted by atomic mass is 10.2. The minimum atomic E-state index is -0.783. The molecule has 0 aliphatic carbocycles. The van der Waals surface area contributed by atoms with Gasteiger partial charge in [0.2, 0.25) is 5.75 Å². The zero-order valence-electron chi connectivity index (χ0n) is 14.5. The minimum absolute atomic E-state index is 0.293. The number of benzene rings is 2. The maximum absolute atomic E-state index is 11.9. The molecular formula is C19H21BrO5. The quantitative estimate of drug-likeness (QED) is 0.607. The predicted octanol–water partition coefficient (Wildman–Crippen LogP) is 4.37. The molecule has 134 valence electrons. The standard InChI is InChI=1S/C19H21BrO5/c1-4-23-19(21)13(2)25-18-16(22-3)10-15(20)11-17(18)24-12-14-8-6-5-7-9-14/h5-11,13H,4,12H2,1-3H3/t13-/m1/s1.